The van der Waals surface area contributed by atoms with Crippen molar-refractivity contribution in [3.8, 4) is 11.5 Å². The van der Waals surface area contributed by atoms with Crippen LogP contribution in [0.4, 0.5) is 0 Å². The van der Waals surface area contributed by atoms with Gasteiger partial charge in [0.25, 0.3) is 0 Å². The smallest absolute Gasteiger partial charge is 0.128 e. The predicted octanol–water partition coefficient (Wildman–Crippen LogP) is 5.04. The molecule has 0 atom stereocenters. The average Bonchev–Trinajstić information content (AvgIpc) is 2.42. The maximum absolute atomic E-state index is 5.90. The largest absolute Gasteiger partial charge is 0.457 e. The highest BCUT2D eigenvalue weighted by Gasteiger charge is 2.13. The van der Waals surface area contributed by atoms with Crippen molar-refractivity contribution in [2.45, 2.75) is 32.6 Å². The molecule has 0 amide bonds. The Kier molecular flexibility index (Phi) is 5.07. The summed E-state index contributed by atoms with van der Waals surface area (Å²) in [6.07, 6.45) is 0.862. The predicted molar refractivity (Wildman–Crippen MR) is 92.1 cm³/mol. The van der Waals surface area contributed by atoms with E-state index in [-0.39, 0.29) is 5.41 Å². The van der Waals surface area contributed by atoms with Gasteiger partial charge in [-0.1, -0.05) is 54.9 Å². The molecule has 0 aliphatic heterocycles. The van der Waals surface area contributed by atoms with Gasteiger partial charge in [-0.2, -0.15) is 0 Å². The van der Waals surface area contributed by atoms with Crippen LogP contribution in [0.3, 0.4) is 0 Å². The van der Waals surface area contributed by atoms with Crippen LogP contribution in [0.1, 0.15) is 31.9 Å². The van der Waals surface area contributed by atoms with Crippen LogP contribution in [0.15, 0.2) is 46.9 Å². The molecule has 0 saturated carbocycles. The molecule has 0 heterocycles. The number of hydrogen-bond acceptors (Lipinski definition) is 2. The summed E-state index contributed by atoms with van der Waals surface area (Å²) in [7, 11) is 0. The lowest BCUT2D eigenvalue weighted by Crippen LogP contribution is -2.10. The van der Waals surface area contributed by atoms with Gasteiger partial charge in [0.05, 0.1) is 0 Å². The standard InChI is InChI=1S/C18H22BrNO/c1-18(2,3)14-5-8-15(9-6-14)21-16-7-4-13(10-11-20)17(19)12-16/h4-9,12H,10-11,20H2,1-3H3. The second-order valence-corrected chi connectivity index (χ2v) is 7.02. The minimum absolute atomic E-state index is 0.158. The van der Waals surface area contributed by atoms with Gasteiger partial charge in [0, 0.05) is 4.47 Å². The minimum atomic E-state index is 0.158. The highest BCUT2D eigenvalue weighted by molar-refractivity contribution is 9.10. The molecular weight excluding hydrogens is 326 g/mol. The van der Waals surface area contributed by atoms with E-state index in [1.807, 2.05) is 24.3 Å². The van der Waals surface area contributed by atoms with Crippen molar-refractivity contribution in [1.29, 1.82) is 0 Å². The first-order valence-electron chi connectivity index (χ1n) is 7.17. The molecule has 0 aliphatic carbocycles. The Morgan fingerprint density at radius 3 is 2.14 bits per heavy atom. The number of benzene rings is 2. The quantitative estimate of drug-likeness (QED) is 0.840. The van der Waals surface area contributed by atoms with E-state index in [1.165, 1.54) is 11.1 Å². The summed E-state index contributed by atoms with van der Waals surface area (Å²) in [5.74, 6) is 1.67. The maximum atomic E-state index is 5.90. The van der Waals surface area contributed by atoms with Gasteiger partial charge in [-0.05, 0) is 53.8 Å². The second kappa shape index (κ2) is 6.63. The number of nitrogens with two attached hydrogens (primary N) is 1. The Morgan fingerprint density at radius 2 is 1.62 bits per heavy atom. The Balaban J connectivity index is 2.13. The fourth-order valence-corrected chi connectivity index (χ4v) is 2.66. The summed E-state index contributed by atoms with van der Waals surface area (Å²) in [5, 5.41) is 0. The van der Waals surface area contributed by atoms with E-state index < -0.39 is 0 Å². The van der Waals surface area contributed by atoms with Crippen molar-refractivity contribution in [3.63, 3.8) is 0 Å². The van der Waals surface area contributed by atoms with Crippen LogP contribution in [-0.4, -0.2) is 6.54 Å². The van der Waals surface area contributed by atoms with Crippen LogP contribution < -0.4 is 10.5 Å². The van der Waals surface area contributed by atoms with Crippen molar-refractivity contribution in [1.82, 2.24) is 0 Å². The van der Waals surface area contributed by atoms with Gasteiger partial charge < -0.3 is 10.5 Å². The van der Waals surface area contributed by atoms with Crippen molar-refractivity contribution in [3.05, 3.63) is 58.1 Å². The first kappa shape index (κ1) is 16.1. The molecule has 0 aromatic heterocycles. The molecule has 21 heavy (non-hydrogen) atoms. The van der Waals surface area contributed by atoms with Crippen LogP contribution in [0, 0.1) is 0 Å². The Morgan fingerprint density at radius 1 is 1.00 bits per heavy atom. The summed E-state index contributed by atoms with van der Waals surface area (Å²) < 4.78 is 6.94. The summed E-state index contributed by atoms with van der Waals surface area (Å²) in [4.78, 5) is 0. The average molecular weight is 348 g/mol. The minimum Gasteiger partial charge on any atom is -0.457 e. The van der Waals surface area contributed by atoms with Crippen molar-refractivity contribution in [2.24, 2.45) is 5.73 Å². The van der Waals surface area contributed by atoms with Gasteiger partial charge in [0.15, 0.2) is 0 Å². The highest BCUT2D eigenvalue weighted by atomic mass is 79.9. The van der Waals surface area contributed by atoms with Crippen LogP contribution in [-0.2, 0) is 11.8 Å². The first-order valence-corrected chi connectivity index (χ1v) is 7.96. The zero-order valence-corrected chi connectivity index (χ0v) is 14.4. The lowest BCUT2D eigenvalue weighted by molar-refractivity contribution is 0.481. The van der Waals surface area contributed by atoms with Crippen molar-refractivity contribution in [2.75, 3.05) is 6.54 Å². The van der Waals surface area contributed by atoms with E-state index in [0.717, 1.165) is 22.4 Å². The number of rotatable bonds is 4. The topological polar surface area (TPSA) is 35.2 Å². The highest BCUT2D eigenvalue weighted by Crippen LogP contribution is 2.29. The third-order valence-electron chi connectivity index (χ3n) is 3.39. The van der Waals surface area contributed by atoms with E-state index in [9.17, 15) is 0 Å². The van der Waals surface area contributed by atoms with E-state index >= 15 is 0 Å². The summed E-state index contributed by atoms with van der Waals surface area (Å²) in [5.41, 5.74) is 8.25. The first-order chi connectivity index (χ1) is 9.90. The molecule has 0 bridgehead atoms. The molecule has 0 saturated heterocycles. The Labute approximate surface area is 135 Å². The Bertz CT molecular complexity index is 600. The maximum Gasteiger partial charge on any atom is 0.128 e. The van der Waals surface area contributed by atoms with E-state index in [1.54, 1.807) is 0 Å². The van der Waals surface area contributed by atoms with E-state index in [4.69, 9.17) is 10.5 Å². The molecule has 2 aromatic carbocycles. The zero-order chi connectivity index (χ0) is 15.5. The molecule has 2 nitrogen and oxygen atoms in total. The summed E-state index contributed by atoms with van der Waals surface area (Å²) in [6.45, 7) is 7.26. The van der Waals surface area contributed by atoms with Gasteiger partial charge in [-0.15, -0.1) is 0 Å². The molecule has 0 spiro atoms. The monoisotopic (exact) mass is 347 g/mol. The lowest BCUT2D eigenvalue weighted by atomic mass is 9.87. The van der Waals surface area contributed by atoms with Gasteiger partial charge in [0.2, 0.25) is 0 Å². The fraction of sp³-hybridized carbons (Fsp3) is 0.333. The SMILES string of the molecule is CC(C)(C)c1ccc(Oc2ccc(CCN)c(Br)c2)cc1. The molecule has 3 heteroatoms. The third kappa shape index (κ3) is 4.32. The summed E-state index contributed by atoms with van der Waals surface area (Å²) >= 11 is 3.56. The van der Waals surface area contributed by atoms with Crippen LogP contribution in [0.5, 0.6) is 11.5 Å². The zero-order valence-electron chi connectivity index (χ0n) is 12.8. The van der Waals surface area contributed by atoms with Crippen LogP contribution in [0.25, 0.3) is 0 Å². The molecule has 2 rings (SSSR count). The number of ether oxygens (including phenoxy) is 1. The van der Waals surface area contributed by atoms with Crippen molar-refractivity contribution >= 4 is 15.9 Å². The molecule has 0 radical (unpaired) electrons. The Hall–Kier alpha value is -1.32. The fourth-order valence-electron chi connectivity index (χ4n) is 2.11. The van der Waals surface area contributed by atoms with E-state index in [2.05, 4.69) is 54.9 Å². The molecule has 0 fully saturated rings. The van der Waals surface area contributed by atoms with Crippen molar-refractivity contribution < 1.29 is 4.74 Å². The van der Waals surface area contributed by atoms with Gasteiger partial charge in [0.1, 0.15) is 11.5 Å². The normalized spacial score (nSPS) is 11.5. The lowest BCUT2D eigenvalue weighted by Gasteiger charge is -2.19. The molecule has 112 valence electrons. The van der Waals surface area contributed by atoms with Gasteiger partial charge >= 0.3 is 0 Å². The molecule has 0 unspecified atom stereocenters. The summed E-state index contributed by atoms with van der Waals surface area (Å²) in [6, 6.07) is 14.3. The second-order valence-electron chi connectivity index (χ2n) is 6.17. The number of halogens is 1. The molecule has 2 aromatic rings. The number of hydrogen-bond donors (Lipinski definition) is 1. The van der Waals surface area contributed by atoms with E-state index in [0.29, 0.717) is 6.54 Å². The molecule has 0 aliphatic rings. The third-order valence-corrected chi connectivity index (χ3v) is 4.13. The van der Waals surface area contributed by atoms with Crippen LogP contribution >= 0.6 is 15.9 Å². The van der Waals surface area contributed by atoms with Gasteiger partial charge in [-0.25, -0.2) is 0 Å². The van der Waals surface area contributed by atoms with Crippen LogP contribution in [0.2, 0.25) is 0 Å². The molecule has 2 N–H and O–H groups in total. The van der Waals surface area contributed by atoms with Gasteiger partial charge in [-0.3, -0.25) is 0 Å². The molecular formula is C18H22BrNO.